The molecule has 0 unspecified atom stereocenters. The summed E-state index contributed by atoms with van der Waals surface area (Å²) in [6.45, 7) is 12.5. The molecule has 3 aromatic heterocycles. The first-order valence-electron chi connectivity index (χ1n) is 43.5. The standard InChI is InChI=1S/C86H70N4OSi/c1-85(2,3)67-45-42-62(43-46-67)63-44-49-79-81(55-63)88(69-30-24-31-70(57-69)91-71-47-48-77-76-38-22-23-40-78(76)90(80(77)58-71)83-56-68(50-51-87-83)86(4,5)6)59-89(79)84-75(66-53-64(60-26-12-7-13-27-60)52-65(54-66)61-28-14-8-15-29-61)39-25-41-82(84)92(72-32-16-9-17-33-72,73-34-18-10-19-35-73)74-36-20-11-21-37-74/h7-58H,1-6H3/i7D,8D,9D,10D,11D,12D,13D,14D,15D,16D,17D,18D,19D,20D,21D,26D,27D,28D,29D,32D,33D,34D,35D,36D,37D,52D,53D,54D. The number of benzene rings is 12. The fourth-order valence-corrected chi connectivity index (χ4v) is 15.9. The normalized spacial score (nSPS) is 16.3. The summed E-state index contributed by atoms with van der Waals surface area (Å²) in [6.07, 6.45) is 5.22. The summed E-state index contributed by atoms with van der Waals surface area (Å²) in [7, 11) is -6.45. The van der Waals surface area contributed by atoms with Gasteiger partial charge in [0.25, 0.3) is 6.33 Å². The number of ether oxygens (including phenoxy) is 1. The van der Waals surface area contributed by atoms with Crippen LogP contribution in [-0.4, -0.2) is 22.2 Å². The second-order valence-electron chi connectivity index (χ2n) is 24.0. The first-order chi connectivity index (χ1) is 56.5. The summed E-state index contributed by atoms with van der Waals surface area (Å²) in [5.74, 6) is 1.24. The van der Waals surface area contributed by atoms with E-state index in [9.17, 15) is 26.0 Å². The van der Waals surface area contributed by atoms with Crippen molar-refractivity contribution in [3.05, 3.63) is 332 Å². The van der Waals surface area contributed by atoms with Crippen LogP contribution in [0.15, 0.2) is 315 Å². The molecule has 0 aliphatic heterocycles. The third kappa shape index (κ3) is 10.5. The van der Waals surface area contributed by atoms with Crippen LogP contribution in [-0.2, 0) is 10.8 Å². The third-order valence-electron chi connectivity index (χ3n) is 16.3. The largest absolute Gasteiger partial charge is 0.458 e. The van der Waals surface area contributed by atoms with Crippen molar-refractivity contribution in [2.75, 3.05) is 0 Å². The Labute approximate surface area is 579 Å². The van der Waals surface area contributed by atoms with Crippen molar-refractivity contribution in [1.82, 2.24) is 14.1 Å². The Kier molecular flexibility index (Phi) is 8.75. The molecule has 92 heavy (non-hydrogen) atoms. The topological polar surface area (TPSA) is 35.9 Å². The van der Waals surface area contributed by atoms with Gasteiger partial charge in [0.1, 0.15) is 17.3 Å². The van der Waals surface area contributed by atoms with Crippen molar-refractivity contribution in [2.45, 2.75) is 52.4 Å². The van der Waals surface area contributed by atoms with Gasteiger partial charge in [-0.25, -0.2) is 4.98 Å². The Morgan fingerprint density at radius 1 is 0.435 bits per heavy atom. The first-order valence-corrected chi connectivity index (χ1v) is 31.5. The van der Waals surface area contributed by atoms with Gasteiger partial charge in [-0.05, 0) is 160 Å². The smallest absolute Gasteiger partial charge is 0.269 e. The van der Waals surface area contributed by atoms with Crippen molar-refractivity contribution in [3.63, 3.8) is 0 Å². The Balaban J connectivity index is 1.16. The molecule has 5 nitrogen and oxygen atoms in total. The van der Waals surface area contributed by atoms with Gasteiger partial charge in [0.05, 0.1) is 71.8 Å². The van der Waals surface area contributed by atoms with Crippen LogP contribution < -0.4 is 30.1 Å². The lowest BCUT2D eigenvalue weighted by atomic mass is 9.86. The number of imidazole rings is 1. The number of para-hydroxylation sites is 2. The quantitative estimate of drug-likeness (QED) is 0.0499. The fourth-order valence-electron chi connectivity index (χ4n) is 11.9. The first kappa shape index (κ1) is 34.3. The van der Waals surface area contributed by atoms with Gasteiger partial charge in [-0.15, -0.1) is 0 Å². The third-order valence-corrected chi connectivity index (χ3v) is 20.6. The van der Waals surface area contributed by atoms with Gasteiger partial charge >= 0.3 is 0 Å². The average Bonchev–Trinajstić information content (AvgIpc) is 1.01. The highest BCUT2D eigenvalue weighted by Gasteiger charge is 2.44. The molecule has 15 rings (SSSR count). The van der Waals surface area contributed by atoms with E-state index in [1.165, 1.54) is 22.8 Å². The van der Waals surface area contributed by atoms with Crippen LogP contribution in [0.25, 0.3) is 94.5 Å². The van der Waals surface area contributed by atoms with Crippen molar-refractivity contribution in [3.8, 4) is 73.2 Å². The molecule has 15 aromatic rings. The van der Waals surface area contributed by atoms with Crippen LogP contribution in [0, 0.1) is 6.33 Å². The maximum Gasteiger partial charge on any atom is 0.269 e. The summed E-state index contributed by atoms with van der Waals surface area (Å²) >= 11 is 0. The maximum atomic E-state index is 10.8. The van der Waals surface area contributed by atoms with Gasteiger partial charge in [-0.1, -0.05) is 271 Å². The fraction of sp³-hybridized carbons (Fsp3) is 0.0930. The zero-order chi connectivity index (χ0) is 86.9. The van der Waals surface area contributed by atoms with E-state index in [4.69, 9.17) is 22.1 Å². The van der Waals surface area contributed by atoms with Crippen molar-refractivity contribution < 1.29 is 47.7 Å². The lowest BCUT2D eigenvalue weighted by Crippen LogP contribution is -2.76. The summed E-state index contributed by atoms with van der Waals surface area (Å²) in [6, 6.07) is 10.7. The SMILES string of the molecule is [2H]c1c([2H])c([2H])c(-c2c([2H])c(-c3cccc([Si](c4c([2H])c([2H])c([2H])c([2H])c4[2H])(c4c([2H])c([2H])c([2H])c([2H])c4[2H])c4c([2H])c([2H])c([2H])c([2H])c4[2H])c3-[n+]3[c-]n(-c4cccc(Oc5ccc6c7ccccc7n(-c7cc(C(C)(C)C)ccn7)c6c5)c4)c4cc(-c5ccc(C(C)(C)C)cc5)ccc43)c([2H])c(-c3c([2H])c([2H])c([2H])c([2H])c3[2H])c2[2H])c([2H])c1[2H]. The Bertz CT molecular complexity index is 6560. The minimum atomic E-state index is -6.45. The number of nitrogens with zero attached hydrogens (tertiary/aromatic N) is 4. The van der Waals surface area contributed by atoms with Gasteiger partial charge in [0.15, 0.2) is 8.07 Å². The molecule has 0 amide bonds. The molecule has 6 heteroatoms. The van der Waals surface area contributed by atoms with E-state index < -0.39 is 237 Å². The second-order valence-corrected chi connectivity index (χ2v) is 27.6. The highest BCUT2D eigenvalue weighted by molar-refractivity contribution is 7.20. The molecule has 0 N–H and O–H groups in total. The van der Waals surface area contributed by atoms with Crippen LogP contribution in [0.2, 0.25) is 0 Å². The molecule has 0 fully saturated rings. The number of rotatable bonds is 13. The van der Waals surface area contributed by atoms with Crippen molar-refractivity contribution >= 4 is 61.7 Å². The van der Waals surface area contributed by atoms with Crippen LogP contribution >= 0.6 is 0 Å². The Morgan fingerprint density at radius 2 is 0.989 bits per heavy atom. The second kappa shape index (κ2) is 23.5. The highest BCUT2D eigenvalue weighted by Crippen LogP contribution is 2.39. The lowest BCUT2D eigenvalue weighted by molar-refractivity contribution is -0.570. The molecule has 0 radical (unpaired) electrons. The molecule has 0 saturated heterocycles. The Hall–Kier alpha value is -10.9. The zero-order valence-corrected chi connectivity index (χ0v) is 51.6. The van der Waals surface area contributed by atoms with Gasteiger partial charge in [-0.2, -0.15) is 0 Å². The molecule has 0 aliphatic rings. The molecular weight excluding hydrogens is 1130 g/mol. The average molecular weight is 1230 g/mol. The van der Waals surface area contributed by atoms with E-state index in [2.05, 4.69) is 52.4 Å². The van der Waals surface area contributed by atoms with E-state index in [0.717, 1.165) is 32.9 Å². The van der Waals surface area contributed by atoms with Gasteiger partial charge in [0, 0.05) is 23.0 Å². The predicted octanol–water partition coefficient (Wildman–Crippen LogP) is 18.6. The summed E-state index contributed by atoms with van der Waals surface area (Å²) < 4.78 is 281. The molecular formula is C86H70N4OSi. The molecule has 0 bridgehead atoms. The zero-order valence-electron chi connectivity index (χ0n) is 78.6. The van der Waals surface area contributed by atoms with Gasteiger partial charge in [-0.3, -0.25) is 13.7 Å². The Morgan fingerprint density at radius 3 is 1.61 bits per heavy atom. The van der Waals surface area contributed by atoms with E-state index >= 15 is 0 Å². The molecule has 12 aromatic carbocycles. The van der Waals surface area contributed by atoms with Crippen LogP contribution in [0.4, 0.5) is 0 Å². The minimum Gasteiger partial charge on any atom is -0.458 e. The number of hydrogen-bond acceptors (Lipinski definition) is 2. The van der Waals surface area contributed by atoms with Crippen LogP contribution in [0.5, 0.6) is 11.5 Å². The van der Waals surface area contributed by atoms with Crippen molar-refractivity contribution in [1.29, 1.82) is 0 Å². The molecule has 444 valence electrons. The lowest BCUT2D eigenvalue weighted by Gasteiger charge is -2.37. The molecule has 3 heterocycles. The highest BCUT2D eigenvalue weighted by atomic mass is 28.3. The maximum absolute atomic E-state index is 10.8. The summed E-state index contributed by atoms with van der Waals surface area (Å²) in [4.78, 5) is 4.87. The van der Waals surface area contributed by atoms with Crippen molar-refractivity contribution in [2.24, 2.45) is 0 Å². The number of hydrogen-bond donors (Lipinski definition) is 0. The van der Waals surface area contributed by atoms with Crippen LogP contribution in [0.1, 0.15) is 91.1 Å². The predicted molar refractivity (Wildman–Crippen MR) is 385 cm³/mol. The molecule has 0 atom stereocenters. The number of aromatic nitrogens is 4. The van der Waals surface area contributed by atoms with E-state index in [0.29, 0.717) is 22.7 Å². The minimum absolute atomic E-state index is 0.0189. The molecule has 0 saturated carbocycles. The summed E-state index contributed by atoms with van der Waals surface area (Å²) in [5.41, 5.74) is -0.715. The monoisotopic (exact) mass is 1230 g/mol. The van der Waals surface area contributed by atoms with E-state index in [1.807, 2.05) is 78.9 Å². The summed E-state index contributed by atoms with van der Waals surface area (Å²) in [5, 5.41) is -1.69. The number of pyridine rings is 1. The van der Waals surface area contributed by atoms with Gasteiger partial charge in [0.2, 0.25) is 0 Å². The molecule has 0 aliphatic carbocycles. The van der Waals surface area contributed by atoms with E-state index in [-0.39, 0.29) is 33.3 Å². The van der Waals surface area contributed by atoms with Crippen LogP contribution in [0.3, 0.4) is 0 Å². The van der Waals surface area contributed by atoms with E-state index in [1.54, 1.807) is 53.2 Å². The molecule has 0 spiro atoms. The number of fused-ring (bicyclic) bond motifs is 4. The van der Waals surface area contributed by atoms with Gasteiger partial charge < -0.3 is 4.74 Å².